The van der Waals surface area contributed by atoms with Crippen LogP contribution >= 0.6 is 11.5 Å². The minimum absolute atomic E-state index is 0. The van der Waals surface area contributed by atoms with Crippen molar-refractivity contribution in [2.75, 3.05) is 57.8 Å². The van der Waals surface area contributed by atoms with Gasteiger partial charge >= 0.3 is 0 Å². The molecule has 15 nitrogen and oxygen atoms in total. The molecular weight excluding hydrogens is 703 g/mol. The molecule has 7 heterocycles. The molecule has 0 bridgehead atoms. The van der Waals surface area contributed by atoms with E-state index in [-0.39, 0.29) is 13.3 Å². The molecule has 0 aliphatic carbocycles. The standard InChI is InChI=1S/C23H29N5O.C13H18N8OS.C2H6.H2/c1-17(2)20(15-18-7-5-4-6-8-18)23-25-22(26-29-23)21-16-19(9-10-24-21)28-13-11-27(3)12-14-28;1-19-16-12(15-17-19)7-20-4-2-9-3-5-21(6-11(9)20)13(22)10-8-23-18-14-10;1-2;/h4-10,16-17,20H,11-15H2,1-3H3;8-9,11H,2-7H2,1H3;1-2H3;1H/t;9-,11+;;/m.1../s1. The predicted octanol–water partition coefficient (Wildman–Crippen LogP) is 4.94. The Balaban J connectivity index is 0.000000203. The van der Waals surface area contributed by atoms with Gasteiger partial charge in [-0.1, -0.05) is 67.7 Å². The van der Waals surface area contributed by atoms with Gasteiger partial charge in [-0.25, -0.2) is 0 Å². The molecule has 1 unspecified atom stereocenters. The third kappa shape index (κ3) is 9.70. The molecule has 4 aromatic heterocycles. The molecule has 3 saturated heterocycles. The van der Waals surface area contributed by atoms with Crippen LogP contribution in [0.1, 0.15) is 75.6 Å². The summed E-state index contributed by atoms with van der Waals surface area (Å²) in [7, 11) is 3.93. The van der Waals surface area contributed by atoms with Gasteiger partial charge in [0.2, 0.25) is 11.7 Å². The van der Waals surface area contributed by atoms with Crippen LogP contribution in [0.4, 0.5) is 5.69 Å². The summed E-state index contributed by atoms with van der Waals surface area (Å²) in [5.41, 5.74) is 3.66. The number of fused-ring (bicyclic) bond motifs is 1. The van der Waals surface area contributed by atoms with E-state index in [0.29, 0.717) is 41.8 Å². The van der Waals surface area contributed by atoms with Crippen molar-refractivity contribution in [3.05, 3.63) is 77.0 Å². The molecule has 5 aromatic rings. The number of carbonyl (C=O) groups excluding carboxylic acids is 1. The second kappa shape index (κ2) is 18.6. The summed E-state index contributed by atoms with van der Waals surface area (Å²) in [6, 6.07) is 15.0. The summed E-state index contributed by atoms with van der Waals surface area (Å²) < 4.78 is 9.48. The van der Waals surface area contributed by atoms with E-state index >= 15 is 0 Å². The van der Waals surface area contributed by atoms with E-state index < -0.39 is 0 Å². The van der Waals surface area contributed by atoms with Gasteiger partial charge in [0, 0.05) is 69.9 Å². The third-order valence-electron chi connectivity index (χ3n) is 10.4. The number of hydrogen-bond acceptors (Lipinski definition) is 14. The molecule has 0 radical (unpaired) electrons. The zero-order valence-electron chi connectivity index (χ0n) is 32.3. The Hall–Kier alpha value is -4.67. The number of aryl methyl sites for hydroxylation is 1. The molecule has 3 aliphatic heterocycles. The number of likely N-dealkylation sites (N-methyl/N-ethyl adjacent to an activating group) is 1. The van der Waals surface area contributed by atoms with Crippen molar-refractivity contribution >= 4 is 23.1 Å². The number of piperazine rings is 1. The van der Waals surface area contributed by atoms with Crippen LogP contribution in [0.3, 0.4) is 0 Å². The van der Waals surface area contributed by atoms with Gasteiger partial charge in [0.05, 0.1) is 13.6 Å². The Kier molecular flexibility index (Phi) is 13.4. The number of nitrogens with zero attached hydrogens (tertiary/aromatic N) is 13. The average Bonchev–Trinajstić information content (AvgIpc) is 4.05. The number of benzene rings is 1. The highest BCUT2D eigenvalue weighted by Crippen LogP contribution is 2.33. The van der Waals surface area contributed by atoms with Crippen molar-refractivity contribution in [2.24, 2.45) is 18.9 Å². The Labute approximate surface area is 323 Å². The summed E-state index contributed by atoms with van der Waals surface area (Å²) >= 11 is 1.21. The number of carbonyl (C=O) groups is 1. The number of likely N-dealkylation sites (tertiary alicyclic amines) is 2. The molecule has 0 N–H and O–H groups in total. The van der Waals surface area contributed by atoms with E-state index in [4.69, 9.17) is 9.51 Å². The molecule has 54 heavy (non-hydrogen) atoms. The van der Waals surface area contributed by atoms with Gasteiger partial charge < -0.3 is 19.2 Å². The first-order chi connectivity index (χ1) is 26.3. The topological polar surface area (TPSA) is 151 Å². The number of hydrogen-bond donors (Lipinski definition) is 0. The minimum atomic E-state index is -0.0123. The monoisotopic (exact) mass is 757 g/mol. The average molecular weight is 758 g/mol. The van der Waals surface area contributed by atoms with Crippen LogP contribution in [-0.4, -0.2) is 124 Å². The maximum Gasteiger partial charge on any atom is 0.275 e. The van der Waals surface area contributed by atoms with Crippen molar-refractivity contribution in [3.63, 3.8) is 0 Å². The highest BCUT2D eigenvalue weighted by atomic mass is 32.1. The molecule has 3 fully saturated rings. The smallest absolute Gasteiger partial charge is 0.275 e. The first kappa shape index (κ1) is 39.0. The van der Waals surface area contributed by atoms with Gasteiger partial charge in [-0.2, -0.15) is 9.78 Å². The minimum Gasteiger partial charge on any atom is -0.369 e. The second-order valence-corrected chi connectivity index (χ2v) is 14.9. The zero-order chi connectivity index (χ0) is 38.0. The highest BCUT2D eigenvalue weighted by molar-refractivity contribution is 7.03. The number of aromatic nitrogens is 9. The van der Waals surface area contributed by atoms with Crippen LogP contribution in [0.5, 0.6) is 0 Å². The number of pyridine rings is 1. The van der Waals surface area contributed by atoms with Crippen LogP contribution in [0, 0.1) is 11.8 Å². The number of anilines is 1. The highest BCUT2D eigenvalue weighted by Gasteiger charge is 2.40. The zero-order valence-corrected chi connectivity index (χ0v) is 33.1. The van der Waals surface area contributed by atoms with E-state index in [1.807, 2.05) is 31.0 Å². The molecule has 0 saturated carbocycles. The predicted molar refractivity (Wildman–Crippen MR) is 210 cm³/mol. The summed E-state index contributed by atoms with van der Waals surface area (Å²) in [6.07, 6.45) is 4.93. The quantitative estimate of drug-likeness (QED) is 0.200. The first-order valence-electron chi connectivity index (χ1n) is 19.1. The summed E-state index contributed by atoms with van der Waals surface area (Å²) in [4.78, 5) is 32.2. The summed E-state index contributed by atoms with van der Waals surface area (Å²) in [5.74, 6) is 3.19. The van der Waals surface area contributed by atoms with Crippen molar-refractivity contribution in [3.8, 4) is 11.5 Å². The lowest BCUT2D eigenvalue weighted by Crippen LogP contribution is -2.50. The largest absolute Gasteiger partial charge is 0.369 e. The fraction of sp³-hybridized carbons (Fsp3) is 0.553. The first-order valence-corrected chi connectivity index (χ1v) is 19.9. The molecule has 16 heteroatoms. The number of tetrazole rings is 1. The molecule has 3 aliphatic rings. The van der Waals surface area contributed by atoms with Crippen molar-refractivity contribution in [1.82, 2.24) is 59.6 Å². The van der Waals surface area contributed by atoms with Gasteiger partial charge in [-0.3, -0.25) is 14.7 Å². The fourth-order valence-electron chi connectivity index (χ4n) is 7.37. The number of rotatable bonds is 9. The Morgan fingerprint density at radius 2 is 1.78 bits per heavy atom. The normalized spacial score (nSPS) is 19.5. The molecule has 0 spiro atoms. The molecule has 290 valence electrons. The maximum atomic E-state index is 12.5. The second-order valence-electron chi connectivity index (χ2n) is 14.3. The lowest BCUT2D eigenvalue weighted by molar-refractivity contribution is 0.0561. The molecule has 8 rings (SSSR count). The lowest BCUT2D eigenvalue weighted by atomic mass is 9.89. The van der Waals surface area contributed by atoms with Gasteiger partial charge in [-0.15, -0.1) is 15.3 Å². The van der Waals surface area contributed by atoms with E-state index in [1.165, 1.54) is 34.0 Å². The van der Waals surface area contributed by atoms with Gasteiger partial charge in [0.1, 0.15) is 5.69 Å². The van der Waals surface area contributed by atoms with Crippen LogP contribution in [-0.2, 0) is 20.0 Å². The maximum absolute atomic E-state index is 12.5. The van der Waals surface area contributed by atoms with Gasteiger partial charge in [0.15, 0.2) is 11.5 Å². The lowest BCUT2D eigenvalue weighted by Gasteiger charge is -2.37. The molecule has 1 amide bonds. The van der Waals surface area contributed by atoms with Crippen molar-refractivity contribution < 1.29 is 10.7 Å². The molecular formula is C38H55N13O2S. The van der Waals surface area contributed by atoms with Crippen LogP contribution in [0.15, 0.2) is 58.6 Å². The van der Waals surface area contributed by atoms with Gasteiger partial charge in [-0.05, 0) is 79.1 Å². The van der Waals surface area contributed by atoms with E-state index in [2.05, 4.69) is 107 Å². The van der Waals surface area contributed by atoms with Crippen molar-refractivity contribution in [1.29, 1.82) is 0 Å². The van der Waals surface area contributed by atoms with E-state index in [0.717, 1.165) is 70.2 Å². The molecule has 3 atom stereocenters. The number of piperidine rings is 1. The third-order valence-corrected chi connectivity index (χ3v) is 10.9. The van der Waals surface area contributed by atoms with Crippen LogP contribution < -0.4 is 4.90 Å². The summed E-state index contributed by atoms with van der Waals surface area (Å²) in [6.45, 7) is 15.8. The van der Waals surface area contributed by atoms with E-state index in [1.54, 1.807) is 12.4 Å². The Bertz CT molecular complexity index is 1880. The Morgan fingerprint density at radius 3 is 2.48 bits per heavy atom. The van der Waals surface area contributed by atoms with Crippen LogP contribution in [0.25, 0.3) is 11.5 Å². The van der Waals surface area contributed by atoms with Crippen molar-refractivity contribution in [2.45, 2.75) is 65.5 Å². The van der Waals surface area contributed by atoms with E-state index in [9.17, 15) is 4.79 Å². The van der Waals surface area contributed by atoms with Gasteiger partial charge in [0.25, 0.3) is 5.91 Å². The van der Waals surface area contributed by atoms with Crippen LogP contribution in [0.2, 0.25) is 0 Å². The fourth-order valence-corrected chi connectivity index (χ4v) is 7.80. The Morgan fingerprint density at radius 1 is 1.00 bits per heavy atom. The number of amides is 1. The summed E-state index contributed by atoms with van der Waals surface area (Å²) in [5, 5.41) is 22.1. The SMILES string of the molecule is CC.CC(C)C(Cc1ccccc1)c1nc(-c2cc(N3CCN(C)CC3)ccn2)no1.Cn1nnc(CN2CC[C@@H]3CCN(C(=O)c4csnn4)C[C@@H]32)n1.[HH]. The molecule has 1 aromatic carbocycles.